The van der Waals surface area contributed by atoms with Crippen LogP contribution in [0.4, 0.5) is 4.79 Å². The van der Waals surface area contributed by atoms with Crippen LogP contribution in [0.3, 0.4) is 0 Å². The van der Waals surface area contributed by atoms with Gasteiger partial charge < -0.3 is 9.64 Å². The number of carbonyl (C=O) groups excluding carboxylic acids is 1. The molecule has 1 saturated heterocycles. The minimum absolute atomic E-state index is 0.263. The lowest BCUT2D eigenvalue weighted by molar-refractivity contribution is 0.0834. The van der Waals surface area contributed by atoms with Crippen molar-refractivity contribution in [1.82, 2.24) is 9.80 Å². The third-order valence-electron chi connectivity index (χ3n) is 4.15. The van der Waals surface area contributed by atoms with E-state index in [0.29, 0.717) is 32.1 Å². The largest absolute Gasteiger partial charge is 0.453 e. The van der Waals surface area contributed by atoms with Crippen molar-refractivity contribution >= 4 is 6.09 Å². The van der Waals surface area contributed by atoms with Gasteiger partial charge in [0.25, 0.3) is 0 Å². The van der Waals surface area contributed by atoms with Gasteiger partial charge in [0.1, 0.15) is 6.04 Å². The Morgan fingerprint density at radius 2 is 1.68 bits per heavy atom. The molecule has 0 saturated carbocycles. The second-order valence-corrected chi connectivity index (χ2v) is 5.85. The standard InChI is InChI=1S/C17H23N3O2/c1-13(2)14-4-6-15(7-5-14)16(12-18)19-8-10-20(11-9-19)17(21)22-3/h4-7,13,16H,8-11H2,1-3H3. The summed E-state index contributed by atoms with van der Waals surface area (Å²) in [6, 6.07) is 10.4. The fourth-order valence-corrected chi connectivity index (χ4v) is 2.72. The van der Waals surface area contributed by atoms with Crippen molar-refractivity contribution in [2.24, 2.45) is 0 Å². The van der Waals surface area contributed by atoms with Crippen molar-refractivity contribution in [2.75, 3.05) is 33.3 Å². The van der Waals surface area contributed by atoms with Crippen LogP contribution >= 0.6 is 0 Å². The highest BCUT2D eigenvalue weighted by Gasteiger charge is 2.27. The van der Waals surface area contributed by atoms with Gasteiger partial charge in [-0.05, 0) is 17.0 Å². The number of hydrogen-bond donors (Lipinski definition) is 0. The van der Waals surface area contributed by atoms with Crippen molar-refractivity contribution in [3.8, 4) is 6.07 Å². The van der Waals surface area contributed by atoms with E-state index in [1.165, 1.54) is 12.7 Å². The number of rotatable bonds is 3. The first-order valence-corrected chi connectivity index (χ1v) is 7.63. The third-order valence-corrected chi connectivity index (χ3v) is 4.15. The summed E-state index contributed by atoms with van der Waals surface area (Å²) in [6.07, 6.45) is -0.297. The number of hydrogen-bond acceptors (Lipinski definition) is 4. The Morgan fingerprint density at radius 3 is 2.14 bits per heavy atom. The number of ether oxygens (including phenoxy) is 1. The molecule has 1 aliphatic rings. The van der Waals surface area contributed by atoms with Crippen LogP contribution in [0.1, 0.15) is 36.9 Å². The van der Waals surface area contributed by atoms with E-state index < -0.39 is 0 Å². The Bertz CT molecular complexity index is 540. The Balaban J connectivity index is 2.04. The van der Waals surface area contributed by atoms with Crippen molar-refractivity contribution in [3.63, 3.8) is 0 Å². The van der Waals surface area contributed by atoms with Gasteiger partial charge in [0.15, 0.2) is 0 Å². The smallest absolute Gasteiger partial charge is 0.409 e. The minimum Gasteiger partial charge on any atom is -0.453 e. The molecular weight excluding hydrogens is 278 g/mol. The van der Waals surface area contributed by atoms with Gasteiger partial charge >= 0.3 is 6.09 Å². The zero-order chi connectivity index (χ0) is 16.1. The predicted octanol–water partition coefficient (Wildman–Crippen LogP) is 2.76. The molecular formula is C17H23N3O2. The van der Waals surface area contributed by atoms with Crippen molar-refractivity contribution in [2.45, 2.75) is 25.8 Å². The lowest BCUT2D eigenvalue weighted by Crippen LogP contribution is -2.49. The molecule has 5 nitrogen and oxygen atoms in total. The summed E-state index contributed by atoms with van der Waals surface area (Å²) in [7, 11) is 1.39. The van der Waals surface area contributed by atoms with E-state index in [1.807, 2.05) is 12.1 Å². The van der Waals surface area contributed by atoms with E-state index in [2.05, 4.69) is 36.9 Å². The summed E-state index contributed by atoms with van der Waals surface area (Å²) in [5, 5.41) is 9.53. The second kappa shape index (κ2) is 7.28. The van der Waals surface area contributed by atoms with Crippen molar-refractivity contribution < 1.29 is 9.53 Å². The van der Waals surface area contributed by atoms with Gasteiger partial charge in [0.05, 0.1) is 13.2 Å². The lowest BCUT2D eigenvalue weighted by Gasteiger charge is -2.36. The molecule has 1 unspecified atom stereocenters. The van der Waals surface area contributed by atoms with Crippen molar-refractivity contribution in [3.05, 3.63) is 35.4 Å². The van der Waals surface area contributed by atoms with Gasteiger partial charge in [0, 0.05) is 26.2 Å². The molecule has 1 fully saturated rings. The Morgan fingerprint density at radius 1 is 1.14 bits per heavy atom. The molecule has 0 aromatic heterocycles. The molecule has 1 amide bonds. The number of benzene rings is 1. The van der Waals surface area contributed by atoms with E-state index in [0.717, 1.165) is 5.56 Å². The zero-order valence-corrected chi connectivity index (χ0v) is 13.5. The van der Waals surface area contributed by atoms with E-state index in [-0.39, 0.29) is 12.1 Å². The number of methoxy groups -OCH3 is 1. The quantitative estimate of drug-likeness (QED) is 0.861. The molecule has 1 heterocycles. The van der Waals surface area contributed by atoms with Gasteiger partial charge in [0.2, 0.25) is 0 Å². The van der Waals surface area contributed by atoms with E-state index in [4.69, 9.17) is 4.74 Å². The molecule has 0 radical (unpaired) electrons. The van der Waals surface area contributed by atoms with Crippen LogP contribution in [0, 0.1) is 11.3 Å². The normalized spacial score (nSPS) is 17.1. The van der Waals surface area contributed by atoms with E-state index >= 15 is 0 Å². The molecule has 0 bridgehead atoms. The van der Waals surface area contributed by atoms with Gasteiger partial charge in [-0.1, -0.05) is 38.1 Å². The topological polar surface area (TPSA) is 56.6 Å². The molecule has 0 N–H and O–H groups in total. The predicted molar refractivity (Wildman–Crippen MR) is 84.4 cm³/mol. The van der Waals surface area contributed by atoms with Crippen LogP contribution in [0.5, 0.6) is 0 Å². The summed E-state index contributed by atoms with van der Waals surface area (Å²) in [4.78, 5) is 15.3. The maximum absolute atomic E-state index is 11.5. The summed E-state index contributed by atoms with van der Waals surface area (Å²) >= 11 is 0. The number of nitriles is 1. The van der Waals surface area contributed by atoms with Gasteiger partial charge in [-0.15, -0.1) is 0 Å². The number of amides is 1. The number of nitrogens with zero attached hydrogens (tertiary/aromatic N) is 3. The van der Waals surface area contributed by atoms with Crippen molar-refractivity contribution in [1.29, 1.82) is 5.26 Å². The Hall–Kier alpha value is -2.06. The number of piperazine rings is 1. The van der Waals surface area contributed by atoms with Crippen LogP contribution in [0.25, 0.3) is 0 Å². The first-order valence-electron chi connectivity index (χ1n) is 7.63. The maximum atomic E-state index is 11.5. The monoisotopic (exact) mass is 301 g/mol. The highest BCUT2D eigenvalue weighted by molar-refractivity contribution is 5.67. The minimum atomic E-state index is -0.297. The molecule has 118 valence electrons. The lowest BCUT2D eigenvalue weighted by atomic mass is 9.98. The first kappa shape index (κ1) is 16.3. The summed E-state index contributed by atoms with van der Waals surface area (Å²) < 4.78 is 4.74. The van der Waals surface area contributed by atoms with E-state index in [1.54, 1.807) is 4.90 Å². The van der Waals surface area contributed by atoms with Gasteiger partial charge in [-0.3, -0.25) is 4.90 Å². The maximum Gasteiger partial charge on any atom is 0.409 e. The van der Waals surface area contributed by atoms with Crippen LogP contribution < -0.4 is 0 Å². The third kappa shape index (κ3) is 3.58. The highest BCUT2D eigenvalue weighted by atomic mass is 16.5. The summed E-state index contributed by atoms with van der Waals surface area (Å²) in [5.41, 5.74) is 2.29. The molecule has 1 aromatic rings. The second-order valence-electron chi connectivity index (χ2n) is 5.85. The molecule has 2 rings (SSSR count). The molecule has 22 heavy (non-hydrogen) atoms. The Kier molecular flexibility index (Phi) is 5.40. The van der Waals surface area contributed by atoms with Crippen LogP contribution in [0.15, 0.2) is 24.3 Å². The Labute approximate surface area is 132 Å². The van der Waals surface area contributed by atoms with E-state index in [9.17, 15) is 10.1 Å². The van der Waals surface area contributed by atoms with Gasteiger partial charge in [-0.25, -0.2) is 4.79 Å². The molecule has 5 heteroatoms. The van der Waals surface area contributed by atoms with Crippen LogP contribution in [-0.2, 0) is 4.74 Å². The highest BCUT2D eigenvalue weighted by Crippen LogP contribution is 2.24. The van der Waals surface area contributed by atoms with Crippen LogP contribution in [-0.4, -0.2) is 49.2 Å². The average Bonchev–Trinajstić information content (AvgIpc) is 2.56. The molecule has 0 spiro atoms. The summed E-state index contributed by atoms with van der Waals surface area (Å²) in [6.45, 7) is 6.86. The summed E-state index contributed by atoms with van der Waals surface area (Å²) in [5.74, 6) is 0.484. The fourth-order valence-electron chi connectivity index (χ4n) is 2.72. The first-order chi connectivity index (χ1) is 10.6. The average molecular weight is 301 g/mol. The van der Waals surface area contributed by atoms with Gasteiger partial charge in [-0.2, -0.15) is 5.26 Å². The molecule has 1 aliphatic heterocycles. The zero-order valence-electron chi connectivity index (χ0n) is 13.5. The SMILES string of the molecule is COC(=O)N1CCN(C(C#N)c2ccc(C(C)C)cc2)CC1. The molecule has 1 atom stereocenters. The van der Waals surface area contributed by atoms with Crippen LogP contribution in [0.2, 0.25) is 0 Å². The molecule has 1 aromatic carbocycles. The number of carbonyl (C=O) groups is 1. The molecule has 0 aliphatic carbocycles. The fraction of sp³-hybridized carbons (Fsp3) is 0.529.